The molecule has 0 spiro atoms. The Labute approximate surface area is 86.6 Å². The van der Waals surface area contributed by atoms with Gasteiger partial charge in [0.1, 0.15) is 0 Å². The van der Waals surface area contributed by atoms with Crippen molar-refractivity contribution in [2.45, 2.75) is 63.7 Å². The van der Waals surface area contributed by atoms with Gasteiger partial charge < -0.3 is 15.6 Å². The van der Waals surface area contributed by atoms with Gasteiger partial charge in [-0.15, -0.1) is 0 Å². The summed E-state index contributed by atoms with van der Waals surface area (Å²) in [6, 6.07) is 0. The van der Waals surface area contributed by atoms with Crippen molar-refractivity contribution in [2.24, 2.45) is 5.73 Å². The number of nitrogens with two attached hydrogens (primary N) is 1. The summed E-state index contributed by atoms with van der Waals surface area (Å²) in [6.07, 6.45) is 5.04. The number of hydrogen-bond donors (Lipinski definition) is 2. The highest BCUT2D eigenvalue weighted by molar-refractivity contribution is 4.77. The van der Waals surface area contributed by atoms with Crippen molar-refractivity contribution >= 4 is 0 Å². The van der Waals surface area contributed by atoms with E-state index in [1.807, 2.05) is 13.8 Å². The van der Waals surface area contributed by atoms with Gasteiger partial charge in [-0.1, -0.05) is 19.3 Å². The first kappa shape index (κ1) is 12.0. The van der Waals surface area contributed by atoms with E-state index in [1.165, 1.54) is 6.42 Å². The monoisotopic (exact) mass is 201 g/mol. The largest absolute Gasteiger partial charge is 0.390 e. The lowest BCUT2D eigenvalue weighted by Gasteiger charge is -2.26. The zero-order valence-electron chi connectivity index (χ0n) is 9.33. The van der Waals surface area contributed by atoms with Crippen molar-refractivity contribution in [3.63, 3.8) is 0 Å². The topological polar surface area (TPSA) is 55.5 Å². The first-order chi connectivity index (χ1) is 6.49. The quantitative estimate of drug-likeness (QED) is 0.679. The van der Waals surface area contributed by atoms with Gasteiger partial charge >= 0.3 is 0 Å². The summed E-state index contributed by atoms with van der Waals surface area (Å²) in [5, 5.41) is 9.78. The standard InChI is InChI=1S/C11H23NO2/c1-11(2,12)8-14-10-7-5-3-4-6-9(10)13/h9-10,13H,3-8,12H2,1-2H3. The third-order valence-electron chi connectivity index (χ3n) is 2.59. The molecule has 0 aromatic rings. The van der Waals surface area contributed by atoms with Crippen molar-refractivity contribution in [2.75, 3.05) is 6.61 Å². The van der Waals surface area contributed by atoms with Crippen LogP contribution < -0.4 is 5.73 Å². The van der Waals surface area contributed by atoms with Crippen molar-refractivity contribution in [3.05, 3.63) is 0 Å². The van der Waals surface area contributed by atoms with E-state index in [9.17, 15) is 5.11 Å². The Bertz CT molecular complexity index is 165. The van der Waals surface area contributed by atoms with Crippen LogP contribution in [0.2, 0.25) is 0 Å². The van der Waals surface area contributed by atoms with Gasteiger partial charge in [0.15, 0.2) is 0 Å². The van der Waals surface area contributed by atoms with Gasteiger partial charge in [-0.2, -0.15) is 0 Å². The summed E-state index contributed by atoms with van der Waals surface area (Å²) >= 11 is 0. The second-order valence-electron chi connectivity index (χ2n) is 5.04. The highest BCUT2D eigenvalue weighted by atomic mass is 16.5. The van der Waals surface area contributed by atoms with E-state index in [1.54, 1.807) is 0 Å². The lowest BCUT2D eigenvalue weighted by atomic mass is 10.1. The SMILES string of the molecule is CC(C)(N)COC1CCCCCC1O. The molecule has 2 unspecified atom stereocenters. The molecule has 2 atom stereocenters. The predicted octanol–water partition coefficient (Wildman–Crippen LogP) is 1.43. The molecule has 1 saturated carbocycles. The van der Waals surface area contributed by atoms with E-state index in [0.29, 0.717) is 6.61 Å². The molecule has 0 aliphatic heterocycles. The highest BCUT2D eigenvalue weighted by Crippen LogP contribution is 2.21. The average Bonchev–Trinajstić information content (AvgIpc) is 2.25. The van der Waals surface area contributed by atoms with Crippen LogP contribution in [0.3, 0.4) is 0 Å². The summed E-state index contributed by atoms with van der Waals surface area (Å²) in [5.41, 5.74) is 5.53. The first-order valence-corrected chi connectivity index (χ1v) is 5.57. The van der Waals surface area contributed by atoms with E-state index in [-0.39, 0.29) is 17.7 Å². The third kappa shape index (κ3) is 4.40. The van der Waals surface area contributed by atoms with Crippen LogP contribution >= 0.6 is 0 Å². The Kier molecular flexibility index (Phi) is 4.35. The molecular formula is C11H23NO2. The zero-order valence-corrected chi connectivity index (χ0v) is 9.33. The number of aliphatic hydroxyl groups is 1. The Morgan fingerprint density at radius 1 is 1.29 bits per heavy atom. The molecule has 3 N–H and O–H groups in total. The van der Waals surface area contributed by atoms with Gasteiger partial charge in [-0.3, -0.25) is 0 Å². The maximum Gasteiger partial charge on any atom is 0.0834 e. The zero-order chi connectivity index (χ0) is 10.6. The third-order valence-corrected chi connectivity index (χ3v) is 2.59. The molecule has 3 nitrogen and oxygen atoms in total. The Balaban J connectivity index is 2.33. The molecule has 0 amide bonds. The van der Waals surface area contributed by atoms with E-state index < -0.39 is 0 Å². The highest BCUT2D eigenvalue weighted by Gasteiger charge is 2.24. The van der Waals surface area contributed by atoms with Crippen LogP contribution in [0.15, 0.2) is 0 Å². The lowest BCUT2D eigenvalue weighted by molar-refractivity contribution is -0.0524. The number of hydrogen-bond acceptors (Lipinski definition) is 3. The van der Waals surface area contributed by atoms with Crippen LogP contribution in [-0.2, 0) is 4.74 Å². The molecule has 14 heavy (non-hydrogen) atoms. The van der Waals surface area contributed by atoms with E-state index in [0.717, 1.165) is 25.7 Å². The summed E-state index contributed by atoms with van der Waals surface area (Å²) in [5.74, 6) is 0. The Morgan fingerprint density at radius 2 is 1.93 bits per heavy atom. The summed E-state index contributed by atoms with van der Waals surface area (Å²) < 4.78 is 5.66. The molecule has 1 aliphatic rings. The van der Waals surface area contributed by atoms with Crippen molar-refractivity contribution in [1.29, 1.82) is 0 Å². The summed E-state index contributed by atoms with van der Waals surface area (Å²) in [6.45, 7) is 4.40. The minimum Gasteiger partial charge on any atom is -0.390 e. The molecule has 1 rings (SSSR count). The van der Waals surface area contributed by atoms with Gasteiger partial charge in [0, 0.05) is 5.54 Å². The van der Waals surface area contributed by atoms with Crippen LogP contribution in [0.1, 0.15) is 46.0 Å². The van der Waals surface area contributed by atoms with Crippen molar-refractivity contribution < 1.29 is 9.84 Å². The van der Waals surface area contributed by atoms with E-state index >= 15 is 0 Å². The fourth-order valence-electron chi connectivity index (χ4n) is 1.77. The van der Waals surface area contributed by atoms with Gasteiger partial charge in [-0.05, 0) is 26.7 Å². The Morgan fingerprint density at radius 3 is 2.57 bits per heavy atom. The van der Waals surface area contributed by atoms with E-state index in [2.05, 4.69) is 0 Å². The molecule has 0 saturated heterocycles. The minimum absolute atomic E-state index is 0.000301. The normalized spacial score (nSPS) is 30.0. The van der Waals surface area contributed by atoms with E-state index in [4.69, 9.17) is 10.5 Å². The Hall–Kier alpha value is -0.120. The van der Waals surface area contributed by atoms with Crippen molar-refractivity contribution in [1.82, 2.24) is 0 Å². The average molecular weight is 201 g/mol. The lowest BCUT2D eigenvalue weighted by Crippen LogP contribution is -2.41. The molecule has 3 heteroatoms. The van der Waals surface area contributed by atoms with Crippen LogP contribution in [-0.4, -0.2) is 29.5 Å². The minimum atomic E-state index is -0.300. The second kappa shape index (κ2) is 5.10. The molecule has 0 aromatic carbocycles. The fraction of sp³-hybridized carbons (Fsp3) is 1.00. The van der Waals surface area contributed by atoms with Crippen molar-refractivity contribution in [3.8, 4) is 0 Å². The van der Waals surface area contributed by atoms with Gasteiger partial charge in [0.25, 0.3) is 0 Å². The molecule has 0 aromatic heterocycles. The molecule has 0 radical (unpaired) electrons. The number of ether oxygens (including phenoxy) is 1. The number of aliphatic hydroxyl groups excluding tert-OH is 1. The summed E-state index contributed by atoms with van der Waals surface area (Å²) in [4.78, 5) is 0. The second-order valence-corrected chi connectivity index (χ2v) is 5.04. The molecule has 84 valence electrons. The van der Waals surface area contributed by atoms with Crippen LogP contribution in [0.4, 0.5) is 0 Å². The van der Waals surface area contributed by atoms with Crippen LogP contribution in [0.25, 0.3) is 0 Å². The molecular weight excluding hydrogens is 178 g/mol. The maximum atomic E-state index is 9.78. The molecule has 1 fully saturated rings. The number of rotatable bonds is 3. The predicted molar refractivity (Wildman–Crippen MR) is 57.1 cm³/mol. The smallest absolute Gasteiger partial charge is 0.0834 e. The molecule has 1 aliphatic carbocycles. The van der Waals surface area contributed by atoms with Gasteiger partial charge in [-0.25, -0.2) is 0 Å². The van der Waals surface area contributed by atoms with Crippen LogP contribution in [0, 0.1) is 0 Å². The van der Waals surface area contributed by atoms with Gasteiger partial charge in [0.2, 0.25) is 0 Å². The van der Waals surface area contributed by atoms with Gasteiger partial charge in [0.05, 0.1) is 18.8 Å². The molecule has 0 heterocycles. The first-order valence-electron chi connectivity index (χ1n) is 5.57. The molecule has 0 bridgehead atoms. The fourth-order valence-corrected chi connectivity index (χ4v) is 1.77. The van der Waals surface area contributed by atoms with Crippen LogP contribution in [0.5, 0.6) is 0 Å². The summed E-state index contributed by atoms with van der Waals surface area (Å²) in [7, 11) is 0. The maximum absolute atomic E-state index is 9.78.